The zero-order valence-electron chi connectivity index (χ0n) is 12.6. The second-order valence-corrected chi connectivity index (χ2v) is 5.95. The van der Waals surface area contributed by atoms with E-state index in [9.17, 15) is 5.11 Å². The number of para-hydroxylation sites is 1. The van der Waals surface area contributed by atoms with Crippen LogP contribution in [-0.2, 0) is 0 Å². The number of nitrogens with zero attached hydrogens (tertiary/aromatic N) is 2. The standard InChI is InChI=1S/C19H17N3O/c20-19-16(15-10-14(15)12-6-2-1-3-7-12)11-17(21-22-19)13-8-4-5-9-18(13)23/h1-9,11,14-15,23H,10H2,(H2,20,22)/t14-,15+/m0/s1. The highest BCUT2D eigenvalue weighted by Crippen LogP contribution is 2.55. The molecule has 3 N–H and O–H groups in total. The third kappa shape index (κ3) is 2.52. The molecule has 3 aromatic rings. The van der Waals surface area contributed by atoms with Gasteiger partial charge in [-0.25, -0.2) is 0 Å². The fourth-order valence-electron chi connectivity index (χ4n) is 3.14. The van der Waals surface area contributed by atoms with E-state index in [2.05, 4.69) is 34.5 Å². The Morgan fingerprint density at radius 2 is 1.65 bits per heavy atom. The third-order valence-electron chi connectivity index (χ3n) is 4.45. The lowest BCUT2D eigenvalue weighted by molar-refractivity contribution is 0.477. The van der Waals surface area contributed by atoms with Gasteiger partial charge in [0, 0.05) is 11.1 Å². The first-order chi connectivity index (χ1) is 11.2. The average Bonchev–Trinajstić information content (AvgIpc) is 3.37. The van der Waals surface area contributed by atoms with Crippen LogP contribution in [0, 0.1) is 0 Å². The largest absolute Gasteiger partial charge is 0.507 e. The van der Waals surface area contributed by atoms with Crippen LogP contribution >= 0.6 is 0 Å². The monoisotopic (exact) mass is 303 g/mol. The lowest BCUT2D eigenvalue weighted by atomic mass is 10.0. The molecule has 4 nitrogen and oxygen atoms in total. The van der Waals surface area contributed by atoms with Crippen LogP contribution in [0.25, 0.3) is 11.3 Å². The van der Waals surface area contributed by atoms with Gasteiger partial charge >= 0.3 is 0 Å². The van der Waals surface area contributed by atoms with E-state index in [-0.39, 0.29) is 5.75 Å². The number of aromatic nitrogens is 2. The Balaban J connectivity index is 1.68. The molecule has 1 aliphatic rings. The normalized spacial score (nSPS) is 19.5. The first kappa shape index (κ1) is 13.8. The molecule has 1 aromatic heterocycles. The molecule has 0 aliphatic heterocycles. The van der Waals surface area contributed by atoms with E-state index in [1.54, 1.807) is 12.1 Å². The molecule has 1 fully saturated rings. The summed E-state index contributed by atoms with van der Waals surface area (Å²) in [5.41, 5.74) is 9.74. The SMILES string of the molecule is Nc1nnc(-c2ccccc2O)cc1[C@@H]1C[C@H]1c1ccccc1. The smallest absolute Gasteiger partial charge is 0.149 e. The Hall–Kier alpha value is -2.88. The van der Waals surface area contributed by atoms with Gasteiger partial charge in [-0.05, 0) is 42.0 Å². The maximum Gasteiger partial charge on any atom is 0.149 e. The van der Waals surface area contributed by atoms with Crippen LogP contribution in [0.15, 0.2) is 60.7 Å². The number of aromatic hydroxyl groups is 1. The fraction of sp³-hybridized carbons (Fsp3) is 0.158. The molecule has 4 rings (SSSR count). The number of phenolic OH excluding ortho intramolecular Hbond substituents is 1. The number of benzene rings is 2. The second-order valence-electron chi connectivity index (χ2n) is 5.95. The lowest BCUT2D eigenvalue weighted by Crippen LogP contribution is -2.01. The Bertz CT molecular complexity index is 848. The Kier molecular flexibility index (Phi) is 3.23. The summed E-state index contributed by atoms with van der Waals surface area (Å²) < 4.78 is 0. The quantitative estimate of drug-likeness (QED) is 0.774. The molecule has 0 amide bonds. The molecular weight excluding hydrogens is 286 g/mol. The zero-order valence-corrected chi connectivity index (χ0v) is 12.6. The minimum atomic E-state index is 0.202. The van der Waals surface area contributed by atoms with E-state index in [4.69, 9.17) is 5.73 Å². The number of rotatable bonds is 3. The molecular formula is C19H17N3O. The van der Waals surface area contributed by atoms with E-state index in [1.165, 1.54) is 5.56 Å². The number of hydrogen-bond acceptors (Lipinski definition) is 4. The van der Waals surface area contributed by atoms with E-state index in [0.717, 1.165) is 12.0 Å². The van der Waals surface area contributed by atoms with Crippen LogP contribution in [0.2, 0.25) is 0 Å². The van der Waals surface area contributed by atoms with Crippen LogP contribution in [0.4, 0.5) is 5.82 Å². The van der Waals surface area contributed by atoms with Gasteiger partial charge in [-0.3, -0.25) is 0 Å². The molecule has 2 atom stereocenters. The van der Waals surface area contributed by atoms with E-state index in [0.29, 0.717) is 28.9 Å². The maximum absolute atomic E-state index is 10.0. The van der Waals surface area contributed by atoms with Gasteiger partial charge < -0.3 is 10.8 Å². The van der Waals surface area contributed by atoms with Crippen LogP contribution in [0.3, 0.4) is 0 Å². The average molecular weight is 303 g/mol. The Labute approximate surface area is 134 Å². The minimum absolute atomic E-state index is 0.202. The van der Waals surface area contributed by atoms with Crippen molar-refractivity contribution in [2.24, 2.45) is 0 Å². The predicted molar refractivity (Wildman–Crippen MR) is 90.1 cm³/mol. The number of hydrogen-bond donors (Lipinski definition) is 2. The molecule has 0 radical (unpaired) electrons. The number of phenols is 1. The van der Waals surface area contributed by atoms with Crippen molar-refractivity contribution in [3.05, 3.63) is 71.8 Å². The first-order valence-electron chi connectivity index (χ1n) is 7.70. The van der Waals surface area contributed by atoms with Crippen LogP contribution < -0.4 is 5.73 Å². The Morgan fingerprint density at radius 3 is 2.43 bits per heavy atom. The van der Waals surface area contributed by atoms with Gasteiger partial charge in [0.1, 0.15) is 11.6 Å². The van der Waals surface area contributed by atoms with E-state index in [1.807, 2.05) is 24.3 Å². The van der Waals surface area contributed by atoms with Crippen LogP contribution in [0.1, 0.15) is 29.4 Å². The van der Waals surface area contributed by atoms with Crippen LogP contribution in [-0.4, -0.2) is 15.3 Å². The van der Waals surface area contributed by atoms with Gasteiger partial charge in [-0.2, -0.15) is 0 Å². The summed E-state index contributed by atoms with van der Waals surface area (Å²) in [5.74, 6) is 1.54. The van der Waals surface area contributed by atoms with Gasteiger partial charge in [0.05, 0.1) is 5.69 Å². The van der Waals surface area contributed by atoms with Gasteiger partial charge in [-0.1, -0.05) is 42.5 Å². The second kappa shape index (κ2) is 5.39. The van der Waals surface area contributed by atoms with Crippen molar-refractivity contribution in [2.45, 2.75) is 18.3 Å². The highest BCUT2D eigenvalue weighted by atomic mass is 16.3. The van der Waals surface area contributed by atoms with E-state index < -0.39 is 0 Å². The van der Waals surface area contributed by atoms with Gasteiger partial charge in [0.2, 0.25) is 0 Å². The predicted octanol–water partition coefficient (Wildman–Crippen LogP) is 3.70. The minimum Gasteiger partial charge on any atom is -0.507 e. The molecule has 2 aromatic carbocycles. The fourth-order valence-corrected chi connectivity index (χ4v) is 3.14. The molecule has 0 bridgehead atoms. The summed E-state index contributed by atoms with van der Waals surface area (Å²) in [5, 5.41) is 18.3. The molecule has 0 spiro atoms. The van der Waals surface area contributed by atoms with Crippen molar-refractivity contribution in [3.8, 4) is 17.0 Å². The number of nitrogen functional groups attached to an aromatic ring is 1. The summed E-state index contributed by atoms with van der Waals surface area (Å²) in [6.07, 6.45) is 1.07. The summed E-state index contributed by atoms with van der Waals surface area (Å²) in [6.45, 7) is 0. The van der Waals surface area contributed by atoms with Crippen molar-refractivity contribution in [3.63, 3.8) is 0 Å². The molecule has 4 heteroatoms. The van der Waals surface area contributed by atoms with Gasteiger partial charge in [0.15, 0.2) is 0 Å². The number of anilines is 1. The van der Waals surface area contributed by atoms with E-state index >= 15 is 0 Å². The van der Waals surface area contributed by atoms with Crippen molar-refractivity contribution in [1.29, 1.82) is 0 Å². The van der Waals surface area contributed by atoms with Crippen molar-refractivity contribution in [1.82, 2.24) is 10.2 Å². The highest BCUT2D eigenvalue weighted by Gasteiger charge is 2.41. The zero-order chi connectivity index (χ0) is 15.8. The summed E-state index contributed by atoms with van der Waals surface area (Å²) in [4.78, 5) is 0. The third-order valence-corrected chi connectivity index (χ3v) is 4.45. The molecule has 1 heterocycles. The molecule has 0 unspecified atom stereocenters. The lowest BCUT2D eigenvalue weighted by Gasteiger charge is -2.08. The summed E-state index contributed by atoms with van der Waals surface area (Å²) in [7, 11) is 0. The van der Waals surface area contributed by atoms with Gasteiger partial charge in [-0.15, -0.1) is 10.2 Å². The first-order valence-corrected chi connectivity index (χ1v) is 7.70. The molecule has 114 valence electrons. The van der Waals surface area contributed by atoms with Crippen molar-refractivity contribution in [2.75, 3.05) is 5.73 Å². The van der Waals surface area contributed by atoms with Gasteiger partial charge in [0.25, 0.3) is 0 Å². The van der Waals surface area contributed by atoms with Crippen molar-refractivity contribution >= 4 is 5.82 Å². The highest BCUT2D eigenvalue weighted by molar-refractivity contribution is 5.68. The molecule has 1 aliphatic carbocycles. The maximum atomic E-state index is 10.0. The van der Waals surface area contributed by atoms with Crippen LogP contribution in [0.5, 0.6) is 5.75 Å². The molecule has 1 saturated carbocycles. The molecule has 23 heavy (non-hydrogen) atoms. The topological polar surface area (TPSA) is 72.0 Å². The Morgan fingerprint density at radius 1 is 0.913 bits per heavy atom. The molecule has 0 saturated heterocycles. The van der Waals surface area contributed by atoms with Crippen molar-refractivity contribution < 1.29 is 5.11 Å². The summed E-state index contributed by atoms with van der Waals surface area (Å²) >= 11 is 0. The summed E-state index contributed by atoms with van der Waals surface area (Å²) in [6, 6.07) is 19.6. The number of nitrogens with two attached hydrogens (primary N) is 1.